The third-order valence-electron chi connectivity index (χ3n) is 6.31. The summed E-state index contributed by atoms with van der Waals surface area (Å²) in [7, 11) is -3.60. The molecule has 4 N–H and O–H groups in total. The first-order valence-electron chi connectivity index (χ1n) is 11.8. The van der Waals surface area contributed by atoms with E-state index in [2.05, 4.69) is 10.6 Å². The molecule has 0 saturated heterocycles. The average molecular weight is 558 g/mol. The highest BCUT2D eigenvalue weighted by Gasteiger charge is 2.34. The van der Waals surface area contributed by atoms with Crippen molar-refractivity contribution in [1.82, 2.24) is 10.6 Å². The monoisotopic (exact) mass is 557 g/mol. The largest absolute Gasteiger partial charge is 0.416 e. The molecule has 7 nitrogen and oxygen atoms in total. The lowest BCUT2D eigenvalue weighted by Gasteiger charge is -2.35. The Kier molecular flexibility index (Phi) is 9.65. The minimum atomic E-state index is -4.57. The number of hydrogen-bond acceptors (Lipinski definition) is 6. The van der Waals surface area contributed by atoms with Gasteiger partial charge in [-0.05, 0) is 73.9 Å². The predicted octanol–water partition coefficient (Wildman–Crippen LogP) is 3.63. The molecule has 202 valence electrons. The Morgan fingerprint density at radius 1 is 1.11 bits per heavy atom. The second kappa shape index (κ2) is 12.3. The van der Waals surface area contributed by atoms with Crippen LogP contribution in [0.25, 0.3) is 0 Å². The van der Waals surface area contributed by atoms with E-state index in [0.29, 0.717) is 19.3 Å². The van der Waals surface area contributed by atoms with Gasteiger partial charge in [0.05, 0.1) is 16.2 Å². The van der Waals surface area contributed by atoms with Gasteiger partial charge in [0.15, 0.2) is 9.84 Å². The second-order valence-electron chi connectivity index (χ2n) is 9.05. The fourth-order valence-electron chi connectivity index (χ4n) is 4.34. The van der Waals surface area contributed by atoms with Crippen LogP contribution in [0.5, 0.6) is 0 Å². The van der Waals surface area contributed by atoms with Gasteiger partial charge in [-0.25, -0.2) is 8.42 Å². The van der Waals surface area contributed by atoms with Gasteiger partial charge in [-0.15, -0.1) is 11.8 Å². The molecule has 0 unspecified atom stereocenters. The molecule has 1 aliphatic carbocycles. The molecule has 2 aromatic rings. The van der Waals surface area contributed by atoms with Crippen LogP contribution in [0.1, 0.15) is 41.6 Å². The van der Waals surface area contributed by atoms with Crippen LogP contribution in [-0.2, 0) is 20.8 Å². The number of nitrogens with two attached hydrogens (primary N) is 1. The van der Waals surface area contributed by atoms with Crippen molar-refractivity contribution in [3.63, 3.8) is 0 Å². The molecule has 0 radical (unpaired) electrons. The number of hydrogen-bond donors (Lipinski definition) is 3. The number of amides is 2. The van der Waals surface area contributed by atoms with E-state index in [1.807, 2.05) is 6.26 Å². The topological polar surface area (TPSA) is 118 Å². The molecule has 2 amide bonds. The first-order chi connectivity index (χ1) is 17.4. The number of alkyl halides is 3. The molecule has 0 aliphatic heterocycles. The summed E-state index contributed by atoms with van der Waals surface area (Å²) in [6.45, 7) is -0.0854. The summed E-state index contributed by atoms with van der Waals surface area (Å²) < 4.78 is 64.7. The summed E-state index contributed by atoms with van der Waals surface area (Å²) in [5.74, 6) is -1.65. The molecule has 3 atom stereocenters. The average Bonchev–Trinajstić information content (AvgIpc) is 2.85. The zero-order chi connectivity index (χ0) is 27.2. The Morgan fingerprint density at radius 3 is 2.46 bits per heavy atom. The van der Waals surface area contributed by atoms with Crippen LogP contribution in [0.2, 0.25) is 0 Å². The van der Waals surface area contributed by atoms with Crippen molar-refractivity contribution in [3.05, 3.63) is 59.7 Å². The second-order valence-corrected chi connectivity index (χ2v) is 12.0. The number of carbonyl (C=O) groups is 2. The van der Waals surface area contributed by atoms with Gasteiger partial charge in [0, 0.05) is 35.5 Å². The van der Waals surface area contributed by atoms with E-state index in [0.717, 1.165) is 23.1 Å². The van der Waals surface area contributed by atoms with Gasteiger partial charge in [-0.2, -0.15) is 13.2 Å². The molecule has 1 fully saturated rings. The van der Waals surface area contributed by atoms with Gasteiger partial charge in [-0.3, -0.25) is 9.59 Å². The zero-order valence-corrected chi connectivity index (χ0v) is 21.9. The van der Waals surface area contributed by atoms with E-state index < -0.39 is 39.4 Å². The maximum absolute atomic E-state index is 13.0. The molecule has 2 aromatic carbocycles. The lowest BCUT2D eigenvalue weighted by molar-refractivity contribution is -0.137. The highest BCUT2D eigenvalue weighted by Crippen LogP contribution is 2.30. The molecule has 0 spiro atoms. The van der Waals surface area contributed by atoms with Gasteiger partial charge in [0.2, 0.25) is 5.91 Å². The van der Waals surface area contributed by atoms with Gasteiger partial charge in [0.25, 0.3) is 5.91 Å². The van der Waals surface area contributed by atoms with E-state index in [1.165, 1.54) is 17.8 Å². The fourth-order valence-corrected chi connectivity index (χ4v) is 6.43. The molecule has 0 bridgehead atoms. The lowest BCUT2D eigenvalue weighted by atomic mass is 9.83. The molecule has 12 heteroatoms. The van der Waals surface area contributed by atoms with E-state index in [-0.39, 0.29) is 41.1 Å². The maximum atomic E-state index is 13.0. The number of sulfone groups is 1. The van der Waals surface area contributed by atoms with E-state index in [4.69, 9.17) is 5.73 Å². The SMILES string of the molecule is CSc1ccc(S(=O)(=O)C[C@H]2C[C@@H](N)CC[C@H]2NC(=O)CCNC(=O)c2cccc(C(F)(F)F)c2)cc1. The Labute approximate surface area is 218 Å². The minimum Gasteiger partial charge on any atom is -0.353 e. The summed E-state index contributed by atoms with van der Waals surface area (Å²) in [6, 6.07) is 10.1. The van der Waals surface area contributed by atoms with E-state index >= 15 is 0 Å². The minimum absolute atomic E-state index is 0.0854. The molecule has 1 aliphatic rings. The van der Waals surface area contributed by atoms with Crippen LogP contribution < -0.4 is 16.4 Å². The number of halogens is 3. The van der Waals surface area contributed by atoms with Gasteiger partial charge < -0.3 is 16.4 Å². The Bertz CT molecular complexity index is 1200. The summed E-state index contributed by atoms with van der Waals surface area (Å²) >= 11 is 1.51. The molecule has 37 heavy (non-hydrogen) atoms. The lowest BCUT2D eigenvalue weighted by Crippen LogP contribution is -2.49. The van der Waals surface area contributed by atoms with Gasteiger partial charge in [0.1, 0.15) is 0 Å². The molecular formula is C25H30F3N3O4S2. The zero-order valence-electron chi connectivity index (χ0n) is 20.3. The van der Waals surface area contributed by atoms with Crippen LogP contribution in [0.4, 0.5) is 13.2 Å². The Morgan fingerprint density at radius 2 is 1.81 bits per heavy atom. The van der Waals surface area contributed by atoms with Gasteiger partial charge in [-0.1, -0.05) is 6.07 Å². The van der Waals surface area contributed by atoms with Crippen LogP contribution in [0, 0.1) is 5.92 Å². The molecular weight excluding hydrogens is 527 g/mol. The first kappa shape index (κ1) is 29.0. The Hall–Kier alpha value is -2.57. The van der Waals surface area contributed by atoms with E-state index in [9.17, 15) is 31.2 Å². The number of nitrogens with one attached hydrogen (secondary N) is 2. The smallest absolute Gasteiger partial charge is 0.353 e. The number of carbonyl (C=O) groups excluding carboxylic acids is 2. The predicted molar refractivity (Wildman–Crippen MR) is 136 cm³/mol. The highest BCUT2D eigenvalue weighted by atomic mass is 32.2. The summed E-state index contributed by atoms with van der Waals surface area (Å²) in [6.07, 6.45) is -1.18. The third-order valence-corrected chi connectivity index (χ3v) is 8.91. The van der Waals surface area contributed by atoms with Crippen LogP contribution in [-0.4, -0.2) is 50.9 Å². The van der Waals surface area contributed by atoms with Crippen molar-refractivity contribution in [2.75, 3.05) is 18.6 Å². The van der Waals surface area contributed by atoms with E-state index in [1.54, 1.807) is 24.3 Å². The molecule has 1 saturated carbocycles. The van der Waals surface area contributed by atoms with Crippen LogP contribution in [0.15, 0.2) is 58.3 Å². The Balaban J connectivity index is 1.56. The number of thioether (sulfide) groups is 1. The molecule has 0 heterocycles. The van der Waals surface area contributed by atoms with Crippen molar-refractivity contribution in [2.24, 2.45) is 11.7 Å². The first-order valence-corrected chi connectivity index (χ1v) is 14.6. The number of benzene rings is 2. The fraction of sp³-hybridized carbons (Fsp3) is 0.440. The molecule has 3 rings (SSSR count). The highest BCUT2D eigenvalue weighted by molar-refractivity contribution is 7.98. The maximum Gasteiger partial charge on any atom is 0.416 e. The van der Waals surface area contributed by atoms with Crippen molar-refractivity contribution in [2.45, 2.75) is 53.7 Å². The quantitative estimate of drug-likeness (QED) is 0.405. The molecule has 0 aromatic heterocycles. The summed E-state index contributed by atoms with van der Waals surface area (Å²) in [4.78, 5) is 25.9. The van der Waals surface area contributed by atoms with Crippen LogP contribution >= 0.6 is 11.8 Å². The van der Waals surface area contributed by atoms with Gasteiger partial charge >= 0.3 is 6.18 Å². The van der Waals surface area contributed by atoms with Crippen molar-refractivity contribution < 1.29 is 31.2 Å². The van der Waals surface area contributed by atoms with Crippen molar-refractivity contribution in [1.29, 1.82) is 0 Å². The summed E-state index contributed by atoms with van der Waals surface area (Å²) in [5.41, 5.74) is 5.00. The summed E-state index contributed by atoms with van der Waals surface area (Å²) in [5, 5.41) is 5.31. The van der Waals surface area contributed by atoms with Crippen molar-refractivity contribution in [3.8, 4) is 0 Å². The van der Waals surface area contributed by atoms with Crippen LogP contribution in [0.3, 0.4) is 0 Å². The normalized spacial score (nSPS) is 20.3. The van der Waals surface area contributed by atoms with Crippen molar-refractivity contribution >= 4 is 33.4 Å². The third kappa shape index (κ3) is 8.21. The standard InChI is InChI=1S/C25H30F3N3O4S2/c1-36-20-6-8-21(9-7-20)37(34,35)15-17-14-19(29)5-10-22(17)31-23(32)11-12-30-24(33)16-3-2-4-18(13-16)25(26,27)28/h2-4,6-9,13,17,19,22H,5,10-12,14-15,29H2,1H3,(H,30,33)(H,31,32)/t17-,19+,22-/m1/s1. The number of rotatable bonds is 9.